The number of hydrogen-bond acceptors (Lipinski definition) is 24. The third-order valence-corrected chi connectivity index (χ3v) is 23.7. The van der Waals surface area contributed by atoms with Gasteiger partial charge in [0.05, 0.1) is 76.1 Å². The average Bonchev–Trinajstić information content (AvgIpc) is 1.60. The first kappa shape index (κ1) is 88.2. The van der Waals surface area contributed by atoms with Gasteiger partial charge in [-0.2, -0.15) is 39.9 Å². The predicted molar refractivity (Wildman–Crippen MR) is 389 cm³/mol. The van der Waals surface area contributed by atoms with Gasteiger partial charge in [0.1, 0.15) is 40.0 Å². The number of methoxy groups -OCH3 is 1. The second kappa shape index (κ2) is 34.5. The average molecular weight is 1670 g/mol. The van der Waals surface area contributed by atoms with E-state index in [2.05, 4.69) is 20.2 Å². The number of ketones is 5. The zero-order chi connectivity index (χ0) is 84.2. The van der Waals surface area contributed by atoms with Gasteiger partial charge in [0.2, 0.25) is 5.88 Å². The zero-order valence-corrected chi connectivity index (χ0v) is 65.8. The van der Waals surface area contributed by atoms with E-state index in [9.17, 15) is 99.1 Å². The molecule has 0 amide bonds. The van der Waals surface area contributed by atoms with Crippen LogP contribution in [-0.2, 0) is 109 Å². The molecule has 3 aliphatic rings. The highest BCUT2D eigenvalue weighted by Gasteiger charge is 2.46. The Morgan fingerprint density at radius 2 is 1.32 bits per heavy atom. The number of carbonyl (C=O) groups excluding carboxylic acids is 6. The zero-order valence-electron chi connectivity index (χ0n) is 62.6. The molecule has 1 fully saturated rings. The summed E-state index contributed by atoms with van der Waals surface area (Å²) in [5.74, 6) is -6.92. The van der Waals surface area contributed by atoms with Gasteiger partial charge in [0, 0.05) is 93.1 Å². The molecule has 0 atom stereocenters. The van der Waals surface area contributed by atoms with E-state index in [0.29, 0.717) is 63.3 Å². The van der Waals surface area contributed by atoms with Gasteiger partial charge in [-0.1, -0.05) is 46.2 Å². The number of aromatic nitrogens is 8. The van der Waals surface area contributed by atoms with Gasteiger partial charge in [0.25, 0.3) is 17.0 Å². The van der Waals surface area contributed by atoms with Crippen molar-refractivity contribution in [3.8, 4) is 28.9 Å². The number of Topliss-reactive ketones (excluding diaryl/α,β-unsaturated/α-hetero) is 3. The first-order valence-corrected chi connectivity index (χ1v) is 39.4. The molecule has 0 bridgehead atoms. The number of H-pyrrole nitrogens is 1. The first-order chi connectivity index (χ1) is 52.6. The van der Waals surface area contributed by atoms with Crippen molar-refractivity contribution in [1.29, 1.82) is 0 Å². The number of alkyl halides is 6. The number of pyridine rings is 2. The summed E-state index contributed by atoms with van der Waals surface area (Å²) in [6.07, 6.45) is -4.79. The molecular weight excluding hydrogens is 1590 g/mol. The van der Waals surface area contributed by atoms with Crippen LogP contribution in [0.4, 0.5) is 30.7 Å². The number of hydrogen-bond donors (Lipinski definition) is 1. The fourth-order valence-electron chi connectivity index (χ4n) is 12.9. The molecule has 1 N–H and O–H groups in total. The molecule has 2 aliphatic heterocycles. The molecule has 0 saturated heterocycles. The Morgan fingerprint density at radius 3 is 1.85 bits per heavy atom. The van der Waals surface area contributed by atoms with E-state index < -0.39 is 140 Å². The van der Waals surface area contributed by atoms with Crippen LogP contribution in [0.25, 0.3) is 5.69 Å². The molecule has 11 rings (SSSR count). The maximum Gasteiger partial charge on any atom is 0.433 e. The van der Waals surface area contributed by atoms with Crippen molar-refractivity contribution < 1.29 is 113 Å². The second-order valence-electron chi connectivity index (χ2n) is 27.1. The fourth-order valence-corrected chi connectivity index (χ4v) is 18.6. The quantitative estimate of drug-likeness (QED) is 0.0165. The van der Waals surface area contributed by atoms with Gasteiger partial charge >= 0.3 is 34.1 Å². The number of esters is 1. The number of aryl methyl sites for hydroxylation is 2. The van der Waals surface area contributed by atoms with Crippen LogP contribution >= 0.6 is 11.6 Å². The van der Waals surface area contributed by atoms with Crippen LogP contribution in [0.5, 0.6) is 23.3 Å². The number of nitrogens with zero attached hydrogens (tertiary/aromatic N) is 7. The van der Waals surface area contributed by atoms with E-state index in [1.54, 1.807) is 27.7 Å². The Bertz CT molecular complexity index is 5640. The molecule has 1 saturated carbocycles. The highest BCUT2D eigenvalue weighted by Crippen LogP contribution is 2.45. The lowest BCUT2D eigenvalue weighted by Crippen LogP contribution is -2.41. The van der Waals surface area contributed by atoms with Gasteiger partial charge in [0.15, 0.2) is 60.9 Å². The van der Waals surface area contributed by atoms with Crippen molar-refractivity contribution in [2.45, 2.75) is 121 Å². The summed E-state index contributed by atoms with van der Waals surface area (Å²) in [4.78, 5) is 119. The van der Waals surface area contributed by atoms with Crippen molar-refractivity contribution in [3.05, 3.63) is 195 Å². The monoisotopic (exact) mass is 1660 g/mol. The molecular formula is C73H76ClF7N8O21S3. The standard InChI is InChI=1S/C21H16ClF4N3O6.C19H24N2O6S2.C17H18F3NO5.C16H18N2O4S/c1-3-33-18(31)10-34-19-14(5-4-6-27-19)35-15-8-13(12(23)7-11(15)22)29-17(30)9-16(21(24,25)26)28(2)20(29)32;1-6-9-29(25,26)27-18-14(10-20-21(18)5)17(22)13-7-8-15-16(12(13)2)19(3,4)11-28(15,23)24;1-25-7-8-26-9-11-10(5-6-14(21-11)17(18,19)20)16(24)15-12(22)3-2-4-13(15)23;1-9-10(14(19)11-7-17-18(4)15(11)20)5-6-12-13(9)16(2,3)8-23(12,21)22/h4-9H,3,10H2,1-2H3;7-8,10H,6,9,11H2,1-5H3;5-6,15H,2-4,7-9H2,1H3;5-7,17H,8H2,1-4H3. The molecule has 1 aliphatic carbocycles. The van der Waals surface area contributed by atoms with Crippen LogP contribution in [0.15, 0.2) is 109 Å². The van der Waals surface area contributed by atoms with E-state index in [1.807, 2.05) is 27.7 Å². The van der Waals surface area contributed by atoms with E-state index in [1.165, 1.54) is 85.6 Å². The number of halogens is 8. The van der Waals surface area contributed by atoms with Crippen molar-refractivity contribution in [2.24, 2.45) is 27.1 Å². The van der Waals surface area contributed by atoms with Gasteiger partial charge < -0.3 is 33.0 Å². The molecule has 5 aromatic heterocycles. The minimum Gasteiger partial charge on any atom is -0.463 e. The maximum atomic E-state index is 14.7. The summed E-state index contributed by atoms with van der Waals surface area (Å²) in [6.45, 7) is 13.7. The van der Waals surface area contributed by atoms with Crippen LogP contribution in [0.1, 0.15) is 149 Å². The molecule has 608 valence electrons. The lowest BCUT2D eigenvalue weighted by atomic mass is 9.81. The Labute approximate surface area is 646 Å². The summed E-state index contributed by atoms with van der Waals surface area (Å²) in [7, 11) is -5.36. The topological polar surface area (TPSA) is 386 Å². The lowest BCUT2D eigenvalue weighted by Gasteiger charge is -2.20. The van der Waals surface area contributed by atoms with Gasteiger partial charge in [-0.15, -0.1) is 0 Å². The summed E-state index contributed by atoms with van der Waals surface area (Å²) >= 11 is 6.04. The highest BCUT2D eigenvalue weighted by molar-refractivity contribution is 7.92. The third kappa shape index (κ3) is 19.6. The second-order valence-corrected chi connectivity index (χ2v) is 33.2. The Morgan fingerprint density at radius 1 is 0.743 bits per heavy atom. The van der Waals surface area contributed by atoms with Gasteiger partial charge in [-0.25, -0.2) is 50.0 Å². The first-order valence-electron chi connectivity index (χ1n) is 34.1. The molecule has 3 aromatic carbocycles. The molecule has 0 spiro atoms. The molecule has 40 heteroatoms. The Balaban J connectivity index is 0.000000191. The largest absolute Gasteiger partial charge is 0.463 e. The minimum absolute atomic E-state index is 0.00823. The summed E-state index contributed by atoms with van der Waals surface area (Å²) in [6, 6.07) is 12.1. The molecule has 0 radical (unpaired) electrons. The number of sulfone groups is 2. The molecule has 7 heterocycles. The smallest absolute Gasteiger partial charge is 0.433 e. The SMILES string of the molecule is CCCS(=O)(=O)Oc1c(C(=O)c2ccc3c(c2C)C(C)(C)CS3(=O)=O)cnn1C.CCOC(=O)COc1ncccc1Oc1cc(-n2c(=O)cc(C(F)(F)F)n(C)c2=O)c(F)cc1Cl.COCCOCc1nc(C(F)(F)F)ccc1C(=O)C1C(=O)CCCC1=O.Cc1c(C(=O)c2c[nH]n(C)c2=O)ccc2c1C(C)(C)CS2(=O)=O. The van der Waals surface area contributed by atoms with Crippen molar-refractivity contribution in [1.82, 2.24) is 38.7 Å². The number of benzene rings is 3. The Kier molecular flexibility index (Phi) is 27.0. The summed E-state index contributed by atoms with van der Waals surface area (Å²) in [5.41, 5.74) is -5.12. The van der Waals surface area contributed by atoms with Crippen LogP contribution in [0.2, 0.25) is 5.02 Å². The van der Waals surface area contributed by atoms with Crippen LogP contribution < -0.4 is 30.5 Å². The van der Waals surface area contributed by atoms with Crippen molar-refractivity contribution in [3.63, 3.8) is 0 Å². The third-order valence-electron chi connectivity index (χ3n) is 17.8. The van der Waals surface area contributed by atoms with E-state index in [0.717, 1.165) is 19.2 Å². The van der Waals surface area contributed by atoms with E-state index in [-0.39, 0.29) is 127 Å². The number of rotatable bonds is 22. The van der Waals surface area contributed by atoms with Gasteiger partial charge in [-0.3, -0.25) is 42.8 Å². The summed E-state index contributed by atoms with van der Waals surface area (Å²) in [5, 5.41) is 6.35. The number of carbonyl (C=O) groups is 6. The molecule has 113 heavy (non-hydrogen) atoms. The number of ether oxygens (including phenoxy) is 5. The molecule has 0 unspecified atom stereocenters. The predicted octanol–water partition coefficient (Wildman–Crippen LogP) is 9.32. The van der Waals surface area contributed by atoms with Crippen LogP contribution in [-0.4, -0.2) is 150 Å². The summed E-state index contributed by atoms with van der Waals surface area (Å²) < 4.78 is 200. The Hall–Kier alpha value is -10.4. The van der Waals surface area contributed by atoms with Crippen LogP contribution in [0, 0.1) is 25.6 Å². The number of nitrogens with one attached hydrogen (secondary N) is 1. The fraction of sp³-hybridized carbons (Fsp3) is 0.397. The normalized spacial score (nSPS) is 15.3. The molecule has 29 nitrogen and oxygen atoms in total. The van der Waals surface area contributed by atoms with Gasteiger partial charge in [-0.05, 0) is 110 Å². The number of fused-ring (bicyclic) bond motifs is 2. The van der Waals surface area contributed by atoms with Crippen molar-refractivity contribution >= 4 is 76.3 Å². The molecule has 8 aromatic rings. The minimum atomic E-state index is -4.99. The van der Waals surface area contributed by atoms with E-state index in [4.69, 9.17) is 39.5 Å². The highest BCUT2D eigenvalue weighted by atomic mass is 35.5. The van der Waals surface area contributed by atoms with Crippen molar-refractivity contribution in [2.75, 3.05) is 50.8 Å². The number of aromatic amines is 1. The van der Waals surface area contributed by atoms with E-state index >= 15 is 0 Å². The van der Waals surface area contributed by atoms with Crippen LogP contribution in [0.3, 0.4) is 0 Å². The lowest BCUT2D eigenvalue weighted by molar-refractivity contribution is -0.146. The maximum absolute atomic E-state index is 14.7.